The number of nitrogens with zero attached hydrogens (tertiary/aromatic N) is 2. The number of thioether (sulfide) groups is 2. The highest BCUT2D eigenvalue weighted by molar-refractivity contribution is 8.03. The second-order valence-corrected chi connectivity index (χ2v) is 7.46. The minimum Gasteiger partial charge on any atom is -0.398 e. The zero-order valence-electron chi connectivity index (χ0n) is 14.7. The first-order valence-electron chi connectivity index (χ1n) is 7.84. The maximum atomic E-state index is 9.69. The van der Waals surface area contributed by atoms with Crippen molar-refractivity contribution in [3.8, 4) is 6.07 Å². The van der Waals surface area contributed by atoms with Gasteiger partial charge < -0.3 is 22.9 Å². The van der Waals surface area contributed by atoms with Crippen molar-refractivity contribution in [3.05, 3.63) is 69.7 Å². The van der Waals surface area contributed by atoms with Gasteiger partial charge in [-0.2, -0.15) is 5.26 Å². The van der Waals surface area contributed by atoms with Crippen LogP contribution in [0.2, 0.25) is 0 Å². The number of aliphatic imine (C=N–C) groups is 1. The minimum atomic E-state index is 0.230. The van der Waals surface area contributed by atoms with Crippen molar-refractivity contribution in [2.24, 2.45) is 16.5 Å². The van der Waals surface area contributed by atoms with Crippen molar-refractivity contribution in [3.63, 3.8) is 0 Å². The molecule has 0 aliphatic carbocycles. The van der Waals surface area contributed by atoms with E-state index in [1.807, 2.05) is 36.4 Å². The number of nitrogens with two attached hydrogens (primary N) is 4. The van der Waals surface area contributed by atoms with E-state index in [0.29, 0.717) is 22.0 Å². The number of para-hydroxylation sites is 2. The molecule has 0 aliphatic rings. The minimum absolute atomic E-state index is 0.230. The van der Waals surface area contributed by atoms with Gasteiger partial charge in [0.15, 0.2) is 0 Å². The SMILES string of the molecule is CN=CC(=C(/N)Sc1ccccc1N)/C(C#N)=C(\N)Sc1ccccc1N. The van der Waals surface area contributed by atoms with Crippen LogP contribution in [-0.4, -0.2) is 13.3 Å². The van der Waals surface area contributed by atoms with Crippen LogP contribution in [-0.2, 0) is 0 Å². The lowest BCUT2D eigenvalue weighted by Crippen LogP contribution is -2.08. The molecule has 0 heterocycles. The van der Waals surface area contributed by atoms with Crippen LogP contribution in [0.15, 0.2) is 84.5 Å². The summed E-state index contributed by atoms with van der Waals surface area (Å²) in [6, 6.07) is 16.8. The predicted octanol–water partition coefficient (Wildman–Crippen LogP) is 3.30. The molecule has 8 N–H and O–H groups in total. The summed E-state index contributed by atoms with van der Waals surface area (Å²) in [4.78, 5) is 5.56. The summed E-state index contributed by atoms with van der Waals surface area (Å²) < 4.78 is 0. The fourth-order valence-electron chi connectivity index (χ4n) is 2.12. The maximum absolute atomic E-state index is 9.69. The molecule has 0 saturated heterocycles. The Kier molecular flexibility index (Phi) is 7.23. The normalized spacial score (nSPS) is 13.0. The molecule has 0 unspecified atom stereocenters. The largest absolute Gasteiger partial charge is 0.398 e. The van der Waals surface area contributed by atoms with Gasteiger partial charge in [-0.15, -0.1) is 0 Å². The number of rotatable bonds is 6. The molecule has 138 valence electrons. The molecular weight excluding hydrogens is 376 g/mol. The van der Waals surface area contributed by atoms with E-state index in [9.17, 15) is 5.26 Å². The lowest BCUT2D eigenvalue weighted by Gasteiger charge is -2.11. The first-order valence-corrected chi connectivity index (χ1v) is 9.48. The summed E-state index contributed by atoms with van der Waals surface area (Å²) in [5.41, 5.74) is 26.2. The molecule has 0 saturated carbocycles. The van der Waals surface area contributed by atoms with Crippen LogP contribution >= 0.6 is 23.5 Å². The number of benzene rings is 2. The van der Waals surface area contributed by atoms with Gasteiger partial charge in [0.2, 0.25) is 0 Å². The van der Waals surface area contributed by atoms with Crippen molar-refractivity contribution < 1.29 is 0 Å². The molecule has 0 fully saturated rings. The molecule has 0 atom stereocenters. The lowest BCUT2D eigenvalue weighted by atomic mass is 10.1. The molecule has 0 aromatic heterocycles. The van der Waals surface area contributed by atoms with E-state index < -0.39 is 0 Å². The molecule has 0 radical (unpaired) electrons. The van der Waals surface area contributed by atoms with Gasteiger partial charge >= 0.3 is 0 Å². The molecule has 2 aromatic rings. The second-order valence-electron chi connectivity index (χ2n) is 5.30. The van der Waals surface area contributed by atoms with E-state index in [4.69, 9.17) is 22.9 Å². The molecular formula is C19H20N6S2. The average molecular weight is 397 g/mol. The fourth-order valence-corrected chi connectivity index (χ4v) is 3.78. The van der Waals surface area contributed by atoms with E-state index in [1.54, 1.807) is 19.2 Å². The molecule has 8 heteroatoms. The highest BCUT2D eigenvalue weighted by atomic mass is 32.2. The summed E-state index contributed by atoms with van der Waals surface area (Å²) in [5.74, 6) is 0. The Hall–Kier alpha value is -3.02. The Labute approximate surface area is 167 Å². The fraction of sp³-hybridized carbons (Fsp3) is 0.0526. The van der Waals surface area contributed by atoms with Gasteiger partial charge in [-0.3, -0.25) is 4.99 Å². The van der Waals surface area contributed by atoms with Gasteiger partial charge in [0, 0.05) is 40.0 Å². The highest BCUT2D eigenvalue weighted by Gasteiger charge is 2.15. The van der Waals surface area contributed by atoms with Gasteiger partial charge in [-0.25, -0.2) is 0 Å². The standard InChI is InChI=1S/C19H20N6S2/c1-25-11-13(19(24)27-17-9-5-3-7-15(17)22)12(10-20)18(23)26-16-8-4-2-6-14(16)21/h2-9,11H,21-24H2,1H3/b18-12+,19-13+,25-11?. The van der Waals surface area contributed by atoms with Gasteiger partial charge in [0.25, 0.3) is 0 Å². The number of allylic oxidation sites excluding steroid dienone is 2. The van der Waals surface area contributed by atoms with Crippen molar-refractivity contribution in [2.45, 2.75) is 9.79 Å². The van der Waals surface area contributed by atoms with Crippen molar-refractivity contribution in [1.82, 2.24) is 0 Å². The third kappa shape index (κ3) is 5.23. The van der Waals surface area contributed by atoms with Gasteiger partial charge in [0.05, 0.1) is 15.6 Å². The number of hydrogen-bond donors (Lipinski definition) is 4. The van der Waals surface area contributed by atoms with E-state index >= 15 is 0 Å². The Morgan fingerprint density at radius 2 is 1.41 bits per heavy atom. The highest BCUT2D eigenvalue weighted by Crippen LogP contribution is 2.35. The Bertz CT molecular complexity index is 957. The molecule has 6 nitrogen and oxygen atoms in total. The van der Waals surface area contributed by atoms with Crippen LogP contribution < -0.4 is 22.9 Å². The zero-order chi connectivity index (χ0) is 19.8. The third-order valence-electron chi connectivity index (χ3n) is 3.43. The molecule has 2 rings (SSSR count). The molecule has 0 amide bonds. The van der Waals surface area contributed by atoms with Crippen molar-refractivity contribution in [1.29, 1.82) is 5.26 Å². The first kappa shape index (κ1) is 20.3. The summed E-state index contributed by atoms with van der Waals surface area (Å²) in [6.07, 6.45) is 1.52. The summed E-state index contributed by atoms with van der Waals surface area (Å²) in [5, 5.41) is 10.4. The van der Waals surface area contributed by atoms with Gasteiger partial charge in [-0.1, -0.05) is 47.8 Å². The van der Waals surface area contributed by atoms with Crippen molar-refractivity contribution >= 4 is 41.1 Å². The Morgan fingerprint density at radius 3 is 1.85 bits per heavy atom. The van der Waals surface area contributed by atoms with Crippen LogP contribution in [0, 0.1) is 11.3 Å². The van der Waals surface area contributed by atoms with E-state index in [2.05, 4.69) is 11.1 Å². The summed E-state index contributed by atoms with van der Waals surface area (Å²) in [7, 11) is 1.60. The monoisotopic (exact) mass is 396 g/mol. The predicted molar refractivity (Wildman–Crippen MR) is 116 cm³/mol. The Balaban J connectivity index is 2.46. The van der Waals surface area contributed by atoms with E-state index in [1.165, 1.54) is 29.7 Å². The topological polar surface area (TPSA) is 140 Å². The van der Waals surface area contributed by atoms with Crippen LogP contribution in [0.1, 0.15) is 0 Å². The molecule has 0 spiro atoms. The zero-order valence-corrected chi connectivity index (χ0v) is 16.3. The summed E-state index contributed by atoms with van der Waals surface area (Å²) in [6.45, 7) is 0. The average Bonchev–Trinajstić information content (AvgIpc) is 2.65. The number of anilines is 2. The maximum Gasteiger partial charge on any atom is 0.103 e. The lowest BCUT2D eigenvalue weighted by molar-refractivity contribution is 1.36. The van der Waals surface area contributed by atoms with Gasteiger partial charge in [-0.05, 0) is 24.3 Å². The Morgan fingerprint density at radius 1 is 0.926 bits per heavy atom. The molecule has 2 aromatic carbocycles. The molecule has 0 bridgehead atoms. The first-order chi connectivity index (χ1) is 13.0. The van der Waals surface area contributed by atoms with Crippen LogP contribution in [0.25, 0.3) is 0 Å². The third-order valence-corrected chi connectivity index (χ3v) is 5.48. The smallest absolute Gasteiger partial charge is 0.103 e. The van der Waals surface area contributed by atoms with E-state index in [0.717, 1.165) is 9.79 Å². The van der Waals surface area contributed by atoms with Crippen LogP contribution in [0.5, 0.6) is 0 Å². The number of nitrogen functional groups attached to an aromatic ring is 2. The van der Waals surface area contributed by atoms with Crippen LogP contribution in [0.3, 0.4) is 0 Å². The summed E-state index contributed by atoms with van der Waals surface area (Å²) >= 11 is 2.46. The molecule has 27 heavy (non-hydrogen) atoms. The number of hydrogen-bond acceptors (Lipinski definition) is 8. The van der Waals surface area contributed by atoms with Crippen molar-refractivity contribution in [2.75, 3.05) is 18.5 Å². The number of nitriles is 1. The quantitative estimate of drug-likeness (QED) is 0.193. The van der Waals surface area contributed by atoms with E-state index in [-0.39, 0.29) is 10.6 Å². The van der Waals surface area contributed by atoms with Crippen LogP contribution in [0.4, 0.5) is 11.4 Å². The second kappa shape index (κ2) is 9.62. The van der Waals surface area contributed by atoms with Gasteiger partial charge in [0.1, 0.15) is 6.07 Å². The molecule has 0 aliphatic heterocycles.